The molecule has 0 aliphatic rings. The zero-order valence-electron chi connectivity index (χ0n) is 26.1. The second-order valence-electron chi connectivity index (χ2n) is 11.3. The van der Waals surface area contributed by atoms with Crippen molar-refractivity contribution in [3.05, 3.63) is 169 Å². The molecule has 6 aromatic carbocycles. The Hall–Kier alpha value is -6.37. The van der Waals surface area contributed by atoms with E-state index in [-0.39, 0.29) is 0 Å². The number of hydrogen-bond acceptors (Lipinski definition) is 6. The highest BCUT2D eigenvalue weighted by molar-refractivity contribution is 6.31. The van der Waals surface area contributed by atoms with Crippen molar-refractivity contribution in [2.75, 3.05) is 0 Å². The van der Waals surface area contributed by atoms with E-state index in [2.05, 4.69) is 12.1 Å². The van der Waals surface area contributed by atoms with Crippen molar-refractivity contribution in [2.24, 2.45) is 0 Å². The minimum Gasteiger partial charge on any atom is -0.208 e. The van der Waals surface area contributed by atoms with Crippen LogP contribution in [0.25, 0.3) is 79.5 Å². The summed E-state index contributed by atoms with van der Waals surface area (Å²) in [5.41, 5.74) is 7.11. The van der Waals surface area contributed by atoms with Crippen molar-refractivity contribution >= 4 is 11.6 Å². The van der Waals surface area contributed by atoms with Gasteiger partial charge in [-0.1, -0.05) is 157 Å². The van der Waals surface area contributed by atoms with Gasteiger partial charge >= 0.3 is 0 Å². The van der Waals surface area contributed by atoms with Gasteiger partial charge in [-0.25, -0.2) is 29.9 Å². The lowest BCUT2D eigenvalue weighted by molar-refractivity contribution is 1.07. The number of benzene rings is 6. The monoisotopic (exact) mass is 650 g/mol. The second-order valence-corrected chi connectivity index (χ2v) is 11.8. The number of hydrogen-bond donors (Lipinski definition) is 0. The first-order chi connectivity index (χ1) is 24.2. The fourth-order valence-corrected chi connectivity index (χ4v) is 5.82. The molecule has 8 rings (SSSR count). The van der Waals surface area contributed by atoms with Gasteiger partial charge in [-0.05, 0) is 29.3 Å². The summed E-state index contributed by atoms with van der Waals surface area (Å²) in [6.45, 7) is 0. The van der Waals surface area contributed by atoms with E-state index in [0.29, 0.717) is 40.0 Å². The van der Waals surface area contributed by atoms with Gasteiger partial charge in [0.15, 0.2) is 34.9 Å². The maximum Gasteiger partial charge on any atom is 0.164 e. The summed E-state index contributed by atoms with van der Waals surface area (Å²) in [5.74, 6) is 3.46. The molecule has 0 saturated carbocycles. The highest BCUT2D eigenvalue weighted by Crippen LogP contribution is 2.36. The fourth-order valence-electron chi connectivity index (χ4n) is 5.65. The summed E-state index contributed by atoms with van der Waals surface area (Å²) < 4.78 is 0. The largest absolute Gasteiger partial charge is 0.208 e. The number of halogens is 1. The summed E-state index contributed by atoms with van der Waals surface area (Å²) in [7, 11) is 0. The Morgan fingerprint density at radius 1 is 0.265 bits per heavy atom. The van der Waals surface area contributed by atoms with Crippen LogP contribution < -0.4 is 0 Å². The lowest BCUT2D eigenvalue weighted by Crippen LogP contribution is -2.01. The van der Waals surface area contributed by atoms with Crippen LogP contribution in [-0.2, 0) is 0 Å². The molecule has 0 amide bonds. The van der Waals surface area contributed by atoms with Crippen molar-refractivity contribution in [2.45, 2.75) is 0 Å². The molecule has 0 spiro atoms. The molecule has 8 aromatic rings. The van der Waals surface area contributed by atoms with Crippen LogP contribution >= 0.6 is 11.6 Å². The van der Waals surface area contributed by atoms with E-state index in [4.69, 9.17) is 41.5 Å². The molecular formula is C42H27ClN6. The molecule has 0 N–H and O–H groups in total. The molecule has 0 atom stereocenters. The Balaban J connectivity index is 1.28. The third kappa shape index (κ3) is 6.46. The van der Waals surface area contributed by atoms with Crippen LogP contribution in [-0.4, -0.2) is 29.9 Å². The standard InChI is InChI=1S/C42H27ClN6/c43-34-24-25-35(36(27-34)42-48-39(30-18-9-3-10-19-30)45-40(49-42)31-20-11-4-12-21-31)32-22-13-23-33(26-32)41-46-37(28-14-5-1-6-15-28)44-38(47-41)29-16-7-2-8-17-29/h1-27H. The average molecular weight is 651 g/mol. The van der Waals surface area contributed by atoms with Gasteiger partial charge in [-0.15, -0.1) is 0 Å². The van der Waals surface area contributed by atoms with E-state index in [1.165, 1.54) is 0 Å². The first kappa shape index (κ1) is 30.0. The van der Waals surface area contributed by atoms with Crippen molar-refractivity contribution in [3.63, 3.8) is 0 Å². The predicted molar refractivity (Wildman–Crippen MR) is 196 cm³/mol. The molecule has 0 saturated heterocycles. The van der Waals surface area contributed by atoms with Crippen LogP contribution in [0.4, 0.5) is 0 Å². The average Bonchev–Trinajstić information content (AvgIpc) is 3.19. The third-order valence-electron chi connectivity index (χ3n) is 8.05. The van der Waals surface area contributed by atoms with Gasteiger partial charge < -0.3 is 0 Å². The molecule has 0 unspecified atom stereocenters. The van der Waals surface area contributed by atoms with Crippen LogP contribution in [0, 0.1) is 0 Å². The Morgan fingerprint density at radius 3 is 1.04 bits per heavy atom. The number of nitrogens with zero attached hydrogens (tertiary/aromatic N) is 6. The smallest absolute Gasteiger partial charge is 0.164 e. The van der Waals surface area contributed by atoms with Crippen molar-refractivity contribution in [3.8, 4) is 79.5 Å². The molecule has 0 aliphatic carbocycles. The van der Waals surface area contributed by atoms with Gasteiger partial charge in [-0.2, -0.15) is 0 Å². The SMILES string of the molecule is Clc1ccc(-c2cccc(-c3nc(-c4ccccc4)nc(-c4ccccc4)n3)c2)c(-c2nc(-c3ccccc3)nc(-c3ccccc3)n2)c1. The lowest BCUT2D eigenvalue weighted by atomic mass is 9.97. The Kier molecular flexibility index (Phi) is 8.20. The summed E-state index contributed by atoms with van der Waals surface area (Å²) in [5, 5.41) is 0.579. The van der Waals surface area contributed by atoms with E-state index >= 15 is 0 Å². The van der Waals surface area contributed by atoms with E-state index in [9.17, 15) is 0 Å². The summed E-state index contributed by atoms with van der Waals surface area (Å²) in [4.78, 5) is 29.6. The highest BCUT2D eigenvalue weighted by atomic mass is 35.5. The maximum atomic E-state index is 6.65. The third-order valence-corrected chi connectivity index (χ3v) is 8.29. The molecule has 6 nitrogen and oxygen atoms in total. The first-order valence-corrected chi connectivity index (χ1v) is 16.2. The second kappa shape index (κ2) is 13.4. The summed E-state index contributed by atoms with van der Waals surface area (Å²) in [6, 6.07) is 53.7. The zero-order valence-corrected chi connectivity index (χ0v) is 26.9. The van der Waals surface area contributed by atoms with E-state index in [1.54, 1.807) is 0 Å². The van der Waals surface area contributed by atoms with Crippen LogP contribution in [0.15, 0.2) is 164 Å². The minimum atomic E-state index is 0.522. The van der Waals surface area contributed by atoms with Gasteiger partial charge in [0.25, 0.3) is 0 Å². The topological polar surface area (TPSA) is 77.3 Å². The molecule has 232 valence electrons. The van der Waals surface area contributed by atoms with Crippen LogP contribution in [0.3, 0.4) is 0 Å². The van der Waals surface area contributed by atoms with Gasteiger partial charge in [-0.3, -0.25) is 0 Å². The molecule has 0 aliphatic heterocycles. The van der Waals surface area contributed by atoms with Crippen molar-refractivity contribution < 1.29 is 0 Å². The van der Waals surface area contributed by atoms with Crippen LogP contribution in [0.5, 0.6) is 0 Å². The Bertz CT molecular complexity index is 2270. The molecule has 2 heterocycles. The molecule has 0 fully saturated rings. The molecule has 2 aromatic heterocycles. The van der Waals surface area contributed by atoms with Crippen molar-refractivity contribution in [1.82, 2.24) is 29.9 Å². The molecule has 49 heavy (non-hydrogen) atoms. The normalized spacial score (nSPS) is 11.0. The number of aromatic nitrogens is 6. The Morgan fingerprint density at radius 2 is 0.612 bits per heavy atom. The molecule has 7 heteroatoms. The minimum absolute atomic E-state index is 0.522. The van der Waals surface area contributed by atoms with Gasteiger partial charge in [0, 0.05) is 38.4 Å². The van der Waals surface area contributed by atoms with E-state index in [0.717, 1.165) is 44.5 Å². The number of rotatable bonds is 7. The van der Waals surface area contributed by atoms with E-state index < -0.39 is 0 Å². The first-order valence-electron chi connectivity index (χ1n) is 15.8. The zero-order chi connectivity index (χ0) is 33.0. The Labute approximate surface area is 288 Å². The van der Waals surface area contributed by atoms with E-state index in [1.807, 2.05) is 152 Å². The summed E-state index contributed by atoms with van der Waals surface area (Å²) >= 11 is 6.65. The van der Waals surface area contributed by atoms with Crippen LogP contribution in [0.2, 0.25) is 5.02 Å². The van der Waals surface area contributed by atoms with Gasteiger partial charge in [0.2, 0.25) is 0 Å². The highest BCUT2D eigenvalue weighted by Gasteiger charge is 2.18. The summed E-state index contributed by atoms with van der Waals surface area (Å²) in [6.07, 6.45) is 0. The lowest BCUT2D eigenvalue weighted by Gasteiger charge is -2.13. The van der Waals surface area contributed by atoms with Gasteiger partial charge in [0.05, 0.1) is 0 Å². The maximum absolute atomic E-state index is 6.65. The predicted octanol–water partition coefficient (Wildman–Crippen LogP) is 10.4. The molecular weight excluding hydrogens is 624 g/mol. The van der Waals surface area contributed by atoms with Gasteiger partial charge in [0.1, 0.15) is 0 Å². The fraction of sp³-hybridized carbons (Fsp3) is 0. The quantitative estimate of drug-likeness (QED) is 0.171. The van der Waals surface area contributed by atoms with Crippen molar-refractivity contribution in [1.29, 1.82) is 0 Å². The van der Waals surface area contributed by atoms with Crippen LogP contribution in [0.1, 0.15) is 0 Å². The molecule has 0 bridgehead atoms. The molecule has 0 radical (unpaired) electrons.